The minimum atomic E-state index is -0.237. The Bertz CT molecular complexity index is 824. The van der Waals surface area contributed by atoms with Gasteiger partial charge in [-0.05, 0) is 35.9 Å². The zero-order chi connectivity index (χ0) is 14.8. The van der Waals surface area contributed by atoms with Crippen molar-refractivity contribution >= 4 is 17.3 Å². The monoisotopic (exact) mass is 296 g/mol. The Balaban J connectivity index is 2.13. The molecule has 3 nitrogen and oxygen atoms in total. The Labute approximate surface area is 127 Å². The predicted molar refractivity (Wildman–Crippen MR) is 86.9 cm³/mol. The molecule has 104 valence electrons. The smallest absolute Gasteiger partial charge is 0.278 e. The lowest BCUT2D eigenvalue weighted by Gasteiger charge is -2.10. The Morgan fingerprint density at radius 1 is 0.905 bits per heavy atom. The lowest BCUT2D eigenvalue weighted by Crippen LogP contribution is -2.21. The molecule has 3 rings (SSSR count). The zero-order valence-electron chi connectivity index (χ0n) is 11.2. The number of aromatic nitrogens is 1. The number of nitrogens with two attached hydrogens (primary N) is 1. The summed E-state index contributed by atoms with van der Waals surface area (Å²) in [6, 6.07) is 18.5. The van der Waals surface area contributed by atoms with E-state index in [0.29, 0.717) is 5.02 Å². The summed E-state index contributed by atoms with van der Waals surface area (Å²) < 4.78 is 1.51. The molecule has 4 heteroatoms. The molecule has 0 fully saturated rings. The van der Waals surface area contributed by atoms with Gasteiger partial charge in [0.2, 0.25) is 0 Å². The second kappa shape index (κ2) is 5.46. The molecular weight excluding hydrogens is 284 g/mol. The molecule has 0 bridgehead atoms. The Morgan fingerprint density at radius 3 is 2.24 bits per heavy atom. The number of rotatable bonds is 2. The molecule has 0 atom stereocenters. The molecule has 0 aliphatic carbocycles. The largest absolute Gasteiger partial charge is 0.394 e. The van der Waals surface area contributed by atoms with Crippen LogP contribution in [0.25, 0.3) is 16.8 Å². The summed E-state index contributed by atoms with van der Waals surface area (Å²) in [5, 5.41) is 0.626. The van der Waals surface area contributed by atoms with Gasteiger partial charge in [-0.3, -0.25) is 9.36 Å². The average molecular weight is 297 g/mol. The molecule has 0 unspecified atom stereocenters. The van der Waals surface area contributed by atoms with E-state index in [2.05, 4.69) is 0 Å². The number of nitrogen functional groups attached to an aromatic ring is 1. The van der Waals surface area contributed by atoms with Crippen LogP contribution in [0.1, 0.15) is 0 Å². The standard InChI is InChI=1S/C17H13ClN2O/c18-13-6-8-14(9-7-13)20-11-10-15(16(19)17(20)21)12-4-2-1-3-5-12/h1-11H,19H2. The number of pyridine rings is 1. The van der Waals surface area contributed by atoms with E-state index in [1.54, 1.807) is 30.5 Å². The van der Waals surface area contributed by atoms with Gasteiger partial charge in [0.1, 0.15) is 5.69 Å². The Hall–Kier alpha value is -2.52. The molecule has 0 amide bonds. The van der Waals surface area contributed by atoms with Gasteiger partial charge in [-0.1, -0.05) is 41.9 Å². The van der Waals surface area contributed by atoms with Crippen LogP contribution in [0.2, 0.25) is 5.02 Å². The van der Waals surface area contributed by atoms with E-state index in [9.17, 15) is 4.79 Å². The van der Waals surface area contributed by atoms with Gasteiger partial charge in [-0.2, -0.15) is 0 Å². The third-order valence-corrected chi connectivity index (χ3v) is 3.57. The maximum Gasteiger partial charge on any atom is 0.278 e. The van der Waals surface area contributed by atoms with Crippen molar-refractivity contribution in [3.63, 3.8) is 0 Å². The third-order valence-electron chi connectivity index (χ3n) is 3.32. The molecule has 1 heterocycles. The zero-order valence-corrected chi connectivity index (χ0v) is 11.9. The maximum atomic E-state index is 12.5. The summed E-state index contributed by atoms with van der Waals surface area (Å²) in [6.45, 7) is 0. The van der Waals surface area contributed by atoms with Crippen LogP contribution in [0.4, 0.5) is 5.69 Å². The highest BCUT2D eigenvalue weighted by Gasteiger charge is 2.09. The average Bonchev–Trinajstić information content (AvgIpc) is 2.52. The highest BCUT2D eigenvalue weighted by Crippen LogP contribution is 2.23. The molecule has 0 saturated carbocycles. The van der Waals surface area contributed by atoms with E-state index in [1.165, 1.54) is 4.57 Å². The molecule has 3 aromatic rings. The third kappa shape index (κ3) is 2.56. The van der Waals surface area contributed by atoms with Gasteiger partial charge < -0.3 is 5.73 Å². The van der Waals surface area contributed by atoms with Gasteiger partial charge in [0.25, 0.3) is 5.56 Å². The summed E-state index contributed by atoms with van der Waals surface area (Å²) in [5.41, 5.74) is 8.42. The van der Waals surface area contributed by atoms with Crippen molar-refractivity contribution in [2.24, 2.45) is 0 Å². The molecule has 1 aromatic heterocycles. The van der Waals surface area contributed by atoms with E-state index < -0.39 is 0 Å². The van der Waals surface area contributed by atoms with Crippen LogP contribution in [-0.4, -0.2) is 4.57 Å². The number of hydrogen-bond donors (Lipinski definition) is 1. The fourth-order valence-corrected chi connectivity index (χ4v) is 2.35. The first-order valence-corrected chi connectivity index (χ1v) is 6.87. The number of halogens is 1. The Kier molecular flexibility index (Phi) is 3.50. The van der Waals surface area contributed by atoms with E-state index in [1.807, 2.05) is 36.4 Å². The summed E-state index contributed by atoms with van der Waals surface area (Å²) in [4.78, 5) is 12.5. The molecule has 2 aromatic carbocycles. The van der Waals surface area contributed by atoms with Gasteiger partial charge in [0.05, 0.1) is 0 Å². The molecule has 21 heavy (non-hydrogen) atoms. The first-order chi connectivity index (χ1) is 10.2. The highest BCUT2D eigenvalue weighted by molar-refractivity contribution is 6.30. The van der Waals surface area contributed by atoms with Crippen molar-refractivity contribution in [2.75, 3.05) is 5.73 Å². The van der Waals surface area contributed by atoms with E-state index in [-0.39, 0.29) is 11.2 Å². The van der Waals surface area contributed by atoms with Crippen LogP contribution in [-0.2, 0) is 0 Å². The second-order valence-electron chi connectivity index (χ2n) is 4.66. The van der Waals surface area contributed by atoms with Crippen molar-refractivity contribution in [1.29, 1.82) is 0 Å². The number of hydrogen-bond acceptors (Lipinski definition) is 2. The van der Waals surface area contributed by atoms with Crippen LogP contribution < -0.4 is 11.3 Å². The summed E-state index contributed by atoms with van der Waals surface area (Å²) in [5.74, 6) is 0. The van der Waals surface area contributed by atoms with E-state index in [0.717, 1.165) is 16.8 Å². The van der Waals surface area contributed by atoms with Crippen molar-refractivity contribution in [3.05, 3.63) is 82.2 Å². The molecule has 0 saturated heterocycles. The van der Waals surface area contributed by atoms with Gasteiger partial charge in [0, 0.05) is 22.5 Å². The first kappa shape index (κ1) is 13.5. The van der Waals surface area contributed by atoms with Crippen LogP contribution in [0, 0.1) is 0 Å². The summed E-state index contributed by atoms with van der Waals surface area (Å²) in [6.07, 6.45) is 1.73. The molecule has 0 aliphatic rings. The molecule has 0 radical (unpaired) electrons. The van der Waals surface area contributed by atoms with Crippen molar-refractivity contribution < 1.29 is 0 Å². The molecular formula is C17H13ClN2O. The number of nitrogens with zero attached hydrogens (tertiary/aromatic N) is 1. The van der Waals surface area contributed by atoms with Gasteiger partial charge in [-0.15, -0.1) is 0 Å². The van der Waals surface area contributed by atoms with Crippen LogP contribution in [0.3, 0.4) is 0 Å². The topological polar surface area (TPSA) is 48.0 Å². The maximum absolute atomic E-state index is 12.5. The molecule has 2 N–H and O–H groups in total. The van der Waals surface area contributed by atoms with Gasteiger partial charge in [0.15, 0.2) is 0 Å². The van der Waals surface area contributed by atoms with Crippen molar-refractivity contribution in [1.82, 2.24) is 4.57 Å². The molecule has 0 spiro atoms. The minimum absolute atomic E-state index is 0.235. The lowest BCUT2D eigenvalue weighted by molar-refractivity contribution is 0.996. The quantitative estimate of drug-likeness (QED) is 0.783. The van der Waals surface area contributed by atoms with Gasteiger partial charge >= 0.3 is 0 Å². The summed E-state index contributed by atoms with van der Waals surface area (Å²) >= 11 is 5.86. The molecule has 0 aliphatic heterocycles. The normalized spacial score (nSPS) is 10.5. The van der Waals surface area contributed by atoms with Gasteiger partial charge in [-0.25, -0.2) is 0 Å². The number of anilines is 1. The van der Waals surface area contributed by atoms with Crippen LogP contribution >= 0.6 is 11.6 Å². The first-order valence-electron chi connectivity index (χ1n) is 6.49. The van der Waals surface area contributed by atoms with Crippen LogP contribution in [0.15, 0.2) is 71.7 Å². The van der Waals surface area contributed by atoms with E-state index >= 15 is 0 Å². The fraction of sp³-hybridized carbons (Fsp3) is 0. The van der Waals surface area contributed by atoms with Crippen molar-refractivity contribution in [2.45, 2.75) is 0 Å². The highest BCUT2D eigenvalue weighted by atomic mass is 35.5. The minimum Gasteiger partial charge on any atom is -0.394 e. The number of benzene rings is 2. The van der Waals surface area contributed by atoms with Crippen molar-refractivity contribution in [3.8, 4) is 16.8 Å². The predicted octanol–water partition coefficient (Wildman–Crippen LogP) is 3.74. The Morgan fingerprint density at radius 2 is 1.57 bits per heavy atom. The second-order valence-corrected chi connectivity index (χ2v) is 5.10. The fourth-order valence-electron chi connectivity index (χ4n) is 2.23. The van der Waals surface area contributed by atoms with E-state index in [4.69, 9.17) is 17.3 Å². The SMILES string of the molecule is Nc1c(-c2ccccc2)ccn(-c2ccc(Cl)cc2)c1=O. The lowest BCUT2D eigenvalue weighted by atomic mass is 10.1. The summed E-state index contributed by atoms with van der Waals surface area (Å²) in [7, 11) is 0. The van der Waals surface area contributed by atoms with Crippen LogP contribution in [0.5, 0.6) is 0 Å².